The molecule has 1 aromatic heterocycles. The molecule has 7 nitrogen and oxygen atoms in total. The van der Waals surface area contributed by atoms with Gasteiger partial charge in [-0.1, -0.05) is 12.2 Å². The van der Waals surface area contributed by atoms with Gasteiger partial charge >= 0.3 is 0 Å². The summed E-state index contributed by atoms with van der Waals surface area (Å²) in [5.74, 6) is 0.870. The van der Waals surface area contributed by atoms with E-state index < -0.39 is 12.0 Å². The Balaban J connectivity index is 1.60. The van der Waals surface area contributed by atoms with Crippen molar-refractivity contribution in [1.82, 2.24) is 20.5 Å². The fourth-order valence-corrected chi connectivity index (χ4v) is 4.99. The molecule has 0 spiro atoms. The second-order valence-corrected chi connectivity index (χ2v) is 9.31. The van der Waals surface area contributed by atoms with Crippen molar-refractivity contribution in [3.63, 3.8) is 0 Å². The molecule has 2 aliphatic heterocycles. The molecular formula is C26H34F2N6O. The van der Waals surface area contributed by atoms with Gasteiger partial charge in [0.15, 0.2) is 5.84 Å². The molecule has 9 heteroatoms. The molecule has 1 aliphatic carbocycles. The minimum atomic E-state index is -0.498. The molecule has 35 heavy (non-hydrogen) atoms. The third-order valence-electron chi connectivity index (χ3n) is 6.87. The number of nitrogens with zero attached hydrogens (tertiary/aromatic N) is 4. The van der Waals surface area contributed by atoms with Gasteiger partial charge in [0.2, 0.25) is 0 Å². The summed E-state index contributed by atoms with van der Waals surface area (Å²) in [6.45, 7) is 7.90. The maximum atomic E-state index is 15.4. The van der Waals surface area contributed by atoms with Gasteiger partial charge < -0.3 is 20.3 Å². The summed E-state index contributed by atoms with van der Waals surface area (Å²) >= 11 is 0. The van der Waals surface area contributed by atoms with Gasteiger partial charge in [0.25, 0.3) is 0 Å². The molecular weight excluding hydrogens is 450 g/mol. The molecule has 0 radical (unpaired) electrons. The maximum Gasteiger partial charge on any atom is 0.153 e. The number of aliphatic imine (C=N–C) groups is 2. The van der Waals surface area contributed by atoms with E-state index in [9.17, 15) is 4.39 Å². The largest absolute Gasteiger partial charge is 0.362 e. The molecule has 2 fully saturated rings. The van der Waals surface area contributed by atoms with Crippen LogP contribution in [0.5, 0.6) is 0 Å². The summed E-state index contributed by atoms with van der Waals surface area (Å²) in [4.78, 5) is 14.6. The monoisotopic (exact) mass is 484 g/mol. The van der Waals surface area contributed by atoms with Crippen LogP contribution in [-0.4, -0.2) is 55.9 Å². The number of ether oxygens (including phenoxy) is 1. The SMILES string of the molecule is C=N/C(C)=C1/NC(c2cncc(F)c2)N(CC2=C(F)CC(CC3CCNCC3)C=C2)/C1=N/COC. The number of hydrogen-bond donors (Lipinski definition) is 2. The van der Waals surface area contributed by atoms with Gasteiger partial charge in [0.05, 0.1) is 11.9 Å². The van der Waals surface area contributed by atoms with Crippen LogP contribution in [0.15, 0.2) is 63.4 Å². The number of aromatic nitrogens is 1. The van der Waals surface area contributed by atoms with Crippen LogP contribution in [0.25, 0.3) is 0 Å². The molecule has 2 saturated heterocycles. The van der Waals surface area contributed by atoms with Crippen LogP contribution in [0.2, 0.25) is 0 Å². The standard InChI is InChI=1S/C26H34F2N6O/c1-17(29-2)24-26(32-16-35-3)34(25(33-24)21-12-22(27)14-31-13-21)15-20-5-4-19(11-23(20)28)10-18-6-8-30-9-7-18/h4-5,12-14,18-19,25,30,33H,2,6-11,15-16H2,1,3H3/b24-17+,32-26+. The zero-order valence-corrected chi connectivity index (χ0v) is 20.4. The molecule has 0 aromatic carbocycles. The van der Waals surface area contributed by atoms with E-state index in [1.54, 1.807) is 13.3 Å². The van der Waals surface area contributed by atoms with Crippen LogP contribution in [-0.2, 0) is 4.74 Å². The summed E-state index contributed by atoms with van der Waals surface area (Å²) in [5.41, 5.74) is 2.48. The molecule has 188 valence electrons. The van der Waals surface area contributed by atoms with Gasteiger partial charge in [-0.15, -0.1) is 0 Å². The molecule has 0 saturated carbocycles. The van der Waals surface area contributed by atoms with Gasteiger partial charge in [-0.2, -0.15) is 0 Å². The zero-order valence-electron chi connectivity index (χ0n) is 20.4. The number of methoxy groups -OCH3 is 1. The second-order valence-electron chi connectivity index (χ2n) is 9.31. The molecule has 2 unspecified atom stereocenters. The first-order valence-electron chi connectivity index (χ1n) is 12.1. The fourth-order valence-electron chi connectivity index (χ4n) is 4.99. The van der Waals surface area contributed by atoms with Crippen molar-refractivity contribution < 1.29 is 13.5 Å². The Morgan fingerprint density at radius 3 is 2.77 bits per heavy atom. The number of nitrogens with one attached hydrogen (secondary N) is 2. The van der Waals surface area contributed by atoms with Gasteiger partial charge in [0, 0.05) is 37.4 Å². The molecule has 2 N–H and O–H groups in total. The molecule has 4 rings (SSSR count). The Hall–Kier alpha value is -2.91. The highest BCUT2D eigenvalue weighted by molar-refractivity contribution is 6.01. The van der Waals surface area contributed by atoms with Gasteiger partial charge in [-0.25, -0.2) is 13.8 Å². The maximum absolute atomic E-state index is 15.4. The quantitative estimate of drug-likeness (QED) is 0.540. The van der Waals surface area contributed by atoms with Crippen LogP contribution in [0.1, 0.15) is 44.3 Å². The molecule has 0 amide bonds. The highest BCUT2D eigenvalue weighted by Crippen LogP contribution is 2.35. The third-order valence-corrected chi connectivity index (χ3v) is 6.87. The smallest absolute Gasteiger partial charge is 0.153 e. The summed E-state index contributed by atoms with van der Waals surface area (Å²) < 4.78 is 34.6. The van der Waals surface area contributed by atoms with Crippen LogP contribution in [0.4, 0.5) is 8.78 Å². The molecule has 0 bridgehead atoms. The number of piperidine rings is 1. The second kappa shape index (κ2) is 11.7. The first kappa shape index (κ1) is 25.2. The predicted octanol–water partition coefficient (Wildman–Crippen LogP) is 4.25. The van der Waals surface area contributed by atoms with Crippen molar-refractivity contribution in [2.45, 2.75) is 38.8 Å². The van der Waals surface area contributed by atoms with Crippen LogP contribution >= 0.6 is 0 Å². The lowest BCUT2D eigenvalue weighted by molar-refractivity contribution is 0.207. The van der Waals surface area contributed by atoms with Crippen molar-refractivity contribution >= 4 is 12.6 Å². The van der Waals surface area contributed by atoms with Crippen molar-refractivity contribution in [1.29, 1.82) is 0 Å². The minimum Gasteiger partial charge on any atom is -0.362 e. The number of hydrogen-bond acceptors (Lipinski definition) is 6. The van der Waals surface area contributed by atoms with E-state index in [0.717, 1.165) is 38.5 Å². The summed E-state index contributed by atoms with van der Waals surface area (Å²) in [7, 11) is 1.56. The lowest BCUT2D eigenvalue weighted by atomic mass is 9.83. The number of pyridine rings is 1. The first-order valence-corrected chi connectivity index (χ1v) is 12.1. The van der Waals surface area contributed by atoms with Gasteiger partial charge in [-0.05, 0) is 63.9 Å². The number of rotatable bonds is 8. The summed E-state index contributed by atoms with van der Waals surface area (Å²) in [6, 6.07) is 1.42. The average molecular weight is 485 g/mol. The van der Waals surface area contributed by atoms with Crippen LogP contribution in [0, 0.1) is 17.7 Å². The normalized spacial score (nSPS) is 25.8. The highest BCUT2D eigenvalue weighted by atomic mass is 19.1. The molecule has 2 atom stereocenters. The molecule has 3 heterocycles. The van der Waals surface area contributed by atoms with Crippen molar-refractivity contribution in [3.05, 3.63) is 64.8 Å². The zero-order chi connectivity index (χ0) is 24.8. The van der Waals surface area contributed by atoms with E-state index in [0.29, 0.717) is 40.7 Å². The Labute approximate surface area is 205 Å². The number of allylic oxidation sites excluding steroid dienone is 3. The number of amidine groups is 1. The Morgan fingerprint density at radius 2 is 2.09 bits per heavy atom. The van der Waals surface area contributed by atoms with Crippen molar-refractivity contribution in [2.75, 3.05) is 33.5 Å². The predicted molar refractivity (Wildman–Crippen MR) is 134 cm³/mol. The van der Waals surface area contributed by atoms with E-state index in [2.05, 4.69) is 38.4 Å². The highest BCUT2D eigenvalue weighted by Gasteiger charge is 2.36. The lowest BCUT2D eigenvalue weighted by Crippen LogP contribution is -2.33. The average Bonchev–Trinajstić information content (AvgIpc) is 3.22. The molecule has 1 aromatic rings. The molecule has 3 aliphatic rings. The van der Waals surface area contributed by atoms with Crippen LogP contribution < -0.4 is 10.6 Å². The lowest BCUT2D eigenvalue weighted by Gasteiger charge is -2.29. The Bertz CT molecular complexity index is 1040. The van der Waals surface area contributed by atoms with E-state index in [-0.39, 0.29) is 25.0 Å². The Kier molecular flexibility index (Phi) is 8.41. The van der Waals surface area contributed by atoms with Crippen molar-refractivity contribution in [3.8, 4) is 0 Å². The summed E-state index contributed by atoms with van der Waals surface area (Å²) in [5, 5.41) is 6.75. The van der Waals surface area contributed by atoms with Crippen molar-refractivity contribution in [2.24, 2.45) is 21.8 Å². The van der Waals surface area contributed by atoms with E-state index >= 15 is 4.39 Å². The van der Waals surface area contributed by atoms with E-state index in [4.69, 9.17) is 4.74 Å². The van der Waals surface area contributed by atoms with E-state index in [1.807, 2.05) is 17.9 Å². The first-order chi connectivity index (χ1) is 17.0. The van der Waals surface area contributed by atoms with Gasteiger partial charge in [0.1, 0.15) is 30.2 Å². The number of halogens is 2. The summed E-state index contributed by atoms with van der Waals surface area (Å²) in [6.07, 6.45) is 10.0. The van der Waals surface area contributed by atoms with Gasteiger partial charge in [-0.3, -0.25) is 9.98 Å². The Morgan fingerprint density at radius 1 is 1.29 bits per heavy atom. The third kappa shape index (κ3) is 6.02. The fraction of sp³-hybridized carbons (Fsp3) is 0.500. The topological polar surface area (TPSA) is 74.1 Å². The van der Waals surface area contributed by atoms with E-state index in [1.165, 1.54) is 6.07 Å². The van der Waals surface area contributed by atoms with Crippen LogP contribution in [0.3, 0.4) is 0 Å². The minimum absolute atomic E-state index is 0.107.